The minimum atomic E-state index is -0.444. The van der Waals surface area contributed by atoms with Crippen LogP contribution in [0.1, 0.15) is 16.7 Å². The molecular weight excluding hydrogens is 517 g/mol. The molecule has 0 aliphatic carbocycles. The summed E-state index contributed by atoms with van der Waals surface area (Å²) in [7, 11) is 1.55. The van der Waals surface area contributed by atoms with E-state index < -0.39 is 6.03 Å². The first-order valence-electron chi connectivity index (χ1n) is 9.47. The van der Waals surface area contributed by atoms with Crippen LogP contribution in [0.25, 0.3) is 0 Å². The van der Waals surface area contributed by atoms with Gasteiger partial charge >= 0.3 is 6.03 Å². The zero-order valence-electron chi connectivity index (χ0n) is 17.3. The Morgan fingerprint density at radius 2 is 1.88 bits per heavy atom. The number of anilines is 1. The number of aryl methyl sites for hydroxylation is 1. The normalized spacial score (nSPS) is 10.8. The number of hydrazone groups is 1. The van der Waals surface area contributed by atoms with Crippen molar-refractivity contribution < 1.29 is 14.3 Å². The SMILES string of the molecule is COc1cc(C=NNC(=O)Nc2ccccc2C)c(Br)cc1OCc1ccc(Cl)c(Cl)c1. The molecule has 3 rings (SSSR count). The number of hydrogen-bond acceptors (Lipinski definition) is 4. The molecule has 6 nitrogen and oxygen atoms in total. The van der Waals surface area contributed by atoms with E-state index in [-0.39, 0.29) is 6.61 Å². The lowest BCUT2D eigenvalue weighted by atomic mass is 10.2. The Bertz CT molecular complexity index is 1160. The van der Waals surface area contributed by atoms with E-state index in [9.17, 15) is 4.79 Å². The number of nitrogens with one attached hydrogen (secondary N) is 2. The topological polar surface area (TPSA) is 72.0 Å². The van der Waals surface area contributed by atoms with Crippen LogP contribution in [-0.4, -0.2) is 19.4 Å². The minimum absolute atomic E-state index is 0.285. The van der Waals surface area contributed by atoms with Gasteiger partial charge in [0.1, 0.15) is 6.61 Å². The Kier molecular flexibility index (Phi) is 8.39. The number of ether oxygens (including phenoxy) is 2. The second-order valence-electron chi connectivity index (χ2n) is 6.70. The zero-order valence-corrected chi connectivity index (χ0v) is 20.4. The third-order valence-corrected chi connectivity index (χ3v) is 5.85. The molecule has 0 fully saturated rings. The molecule has 0 spiro atoms. The van der Waals surface area contributed by atoms with Crippen molar-refractivity contribution in [3.63, 3.8) is 0 Å². The van der Waals surface area contributed by atoms with E-state index in [1.54, 1.807) is 31.4 Å². The maximum Gasteiger partial charge on any atom is 0.339 e. The molecule has 166 valence electrons. The molecule has 0 saturated heterocycles. The van der Waals surface area contributed by atoms with Crippen LogP contribution >= 0.6 is 39.1 Å². The lowest BCUT2D eigenvalue weighted by molar-refractivity contribution is 0.252. The third-order valence-electron chi connectivity index (χ3n) is 4.42. The highest BCUT2D eigenvalue weighted by molar-refractivity contribution is 9.10. The molecule has 0 bridgehead atoms. The average Bonchev–Trinajstić information content (AvgIpc) is 2.77. The number of amides is 2. The molecule has 0 aliphatic rings. The van der Waals surface area contributed by atoms with Gasteiger partial charge in [-0.1, -0.05) is 47.5 Å². The van der Waals surface area contributed by atoms with Gasteiger partial charge in [0, 0.05) is 15.7 Å². The number of para-hydroxylation sites is 1. The number of hydrogen-bond donors (Lipinski definition) is 2. The summed E-state index contributed by atoms with van der Waals surface area (Å²) in [6, 6.07) is 15.9. The van der Waals surface area contributed by atoms with Crippen molar-refractivity contribution in [1.82, 2.24) is 5.43 Å². The summed E-state index contributed by atoms with van der Waals surface area (Å²) < 4.78 is 12.0. The first-order chi connectivity index (χ1) is 15.4. The molecule has 0 aromatic heterocycles. The fraction of sp³-hybridized carbons (Fsp3) is 0.130. The molecule has 0 aliphatic heterocycles. The highest BCUT2D eigenvalue weighted by atomic mass is 79.9. The smallest absolute Gasteiger partial charge is 0.339 e. The minimum Gasteiger partial charge on any atom is -0.493 e. The molecule has 0 heterocycles. The Hall–Kier alpha value is -2.74. The predicted octanol–water partition coefficient (Wildman–Crippen LogP) is 6.81. The van der Waals surface area contributed by atoms with Gasteiger partial charge in [0.05, 0.1) is 23.4 Å². The van der Waals surface area contributed by atoms with Crippen LogP contribution in [0.3, 0.4) is 0 Å². The standard InChI is InChI=1S/C23H20BrCl2N3O3/c1-14-5-3-4-6-20(14)28-23(30)29-27-12-16-10-21(31-2)22(11-17(16)24)32-13-15-7-8-18(25)19(26)9-15/h3-12H,13H2,1-2H3,(H2,28,29,30). The molecule has 0 unspecified atom stereocenters. The van der Waals surface area contributed by atoms with Crippen LogP contribution in [0.2, 0.25) is 10.0 Å². The summed E-state index contributed by atoms with van der Waals surface area (Å²) >= 11 is 15.5. The number of carbonyl (C=O) groups is 1. The fourth-order valence-electron chi connectivity index (χ4n) is 2.74. The van der Waals surface area contributed by atoms with E-state index in [0.29, 0.717) is 37.3 Å². The van der Waals surface area contributed by atoms with Crippen LogP contribution < -0.4 is 20.2 Å². The number of nitrogens with zero attached hydrogens (tertiary/aromatic N) is 1. The second kappa shape index (κ2) is 11.2. The van der Waals surface area contributed by atoms with Gasteiger partial charge in [-0.15, -0.1) is 0 Å². The zero-order chi connectivity index (χ0) is 23.1. The molecule has 9 heteroatoms. The van der Waals surface area contributed by atoms with Crippen molar-refractivity contribution in [2.24, 2.45) is 5.10 Å². The van der Waals surface area contributed by atoms with E-state index >= 15 is 0 Å². The highest BCUT2D eigenvalue weighted by Gasteiger charge is 2.11. The van der Waals surface area contributed by atoms with E-state index in [4.69, 9.17) is 32.7 Å². The lowest BCUT2D eigenvalue weighted by Gasteiger charge is -2.13. The molecule has 0 saturated carbocycles. The van der Waals surface area contributed by atoms with Gasteiger partial charge in [-0.3, -0.25) is 0 Å². The number of methoxy groups -OCH3 is 1. The second-order valence-corrected chi connectivity index (χ2v) is 8.37. The van der Waals surface area contributed by atoms with Gasteiger partial charge in [-0.25, -0.2) is 10.2 Å². The maximum atomic E-state index is 12.1. The summed E-state index contributed by atoms with van der Waals surface area (Å²) in [6.07, 6.45) is 1.51. The number of carbonyl (C=O) groups excluding carboxylic acids is 1. The summed E-state index contributed by atoms with van der Waals surface area (Å²) in [5.41, 5.74) is 5.68. The van der Waals surface area contributed by atoms with Crippen molar-refractivity contribution in [3.8, 4) is 11.5 Å². The molecule has 2 N–H and O–H groups in total. The van der Waals surface area contributed by atoms with Crippen LogP contribution in [0.4, 0.5) is 10.5 Å². The van der Waals surface area contributed by atoms with Gasteiger partial charge in [0.25, 0.3) is 0 Å². The monoisotopic (exact) mass is 535 g/mol. The van der Waals surface area contributed by atoms with Crippen molar-refractivity contribution in [1.29, 1.82) is 0 Å². The van der Waals surface area contributed by atoms with Crippen molar-refractivity contribution in [2.45, 2.75) is 13.5 Å². The Morgan fingerprint density at radius 1 is 1.09 bits per heavy atom. The van der Waals surface area contributed by atoms with Crippen LogP contribution in [0, 0.1) is 6.92 Å². The van der Waals surface area contributed by atoms with Gasteiger partial charge in [0.2, 0.25) is 0 Å². The van der Waals surface area contributed by atoms with Gasteiger partial charge < -0.3 is 14.8 Å². The molecular formula is C23H20BrCl2N3O3. The summed E-state index contributed by atoms with van der Waals surface area (Å²) in [6.45, 7) is 2.20. The summed E-state index contributed by atoms with van der Waals surface area (Å²) in [5.74, 6) is 1.05. The number of benzene rings is 3. The van der Waals surface area contributed by atoms with Gasteiger partial charge in [-0.05, 0) is 64.3 Å². The Balaban J connectivity index is 1.65. The first kappa shape index (κ1) is 23.9. The maximum absolute atomic E-state index is 12.1. The molecule has 0 radical (unpaired) electrons. The highest BCUT2D eigenvalue weighted by Crippen LogP contribution is 2.34. The van der Waals surface area contributed by atoms with E-state index in [0.717, 1.165) is 11.1 Å². The molecule has 0 atom stereocenters. The molecule has 3 aromatic carbocycles. The average molecular weight is 537 g/mol. The summed E-state index contributed by atoms with van der Waals surface area (Å²) in [4.78, 5) is 12.1. The third kappa shape index (κ3) is 6.38. The van der Waals surface area contributed by atoms with E-state index in [1.165, 1.54) is 6.21 Å². The molecule has 32 heavy (non-hydrogen) atoms. The number of rotatable bonds is 7. The van der Waals surface area contributed by atoms with Crippen LogP contribution in [0.5, 0.6) is 11.5 Å². The predicted molar refractivity (Wildman–Crippen MR) is 132 cm³/mol. The van der Waals surface area contributed by atoms with Crippen molar-refractivity contribution >= 4 is 57.1 Å². The van der Waals surface area contributed by atoms with E-state index in [2.05, 4.69) is 31.8 Å². The Labute approximate surface area is 204 Å². The van der Waals surface area contributed by atoms with Gasteiger partial charge in [-0.2, -0.15) is 5.10 Å². The van der Waals surface area contributed by atoms with Gasteiger partial charge in [0.15, 0.2) is 11.5 Å². The fourth-order valence-corrected chi connectivity index (χ4v) is 3.48. The Morgan fingerprint density at radius 3 is 2.59 bits per heavy atom. The summed E-state index contributed by atoms with van der Waals surface area (Å²) in [5, 5.41) is 7.70. The molecule has 2 amide bonds. The van der Waals surface area contributed by atoms with Crippen molar-refractivity contribution in [3.05, 3.63) is 85.8 Å². The van der Waals surface area contributed by atoms with Crippen molar-refractivity contribution in [2.75, 3.05) is 12.4 Å². The first-order valence-corrected chi connectivity index (χ1v) is 11.0. The van der Waals surface area contributed by atoms with Crippen LogP contribution in [0.15, 0.2) is 64.2 Å². The quantitative estimate of drug-likeness (QED) is 0.257. The molecule has 3 aromatic rings. The lowest BCUT2D eigenvalue weighted by Crippen LogP contribution is -2.24. The van der Waals surface area contributed by atoms with E-state index in [1.807, 2.05) is 37.3 Å². The number of urea groups is 1. The largest absolute Gasteiger partial charge is 0.493 e. The number of halogens is 3. The van der Waals surface area contributed by atoms with Crippen LogP contribution in [-0.2, 0) is 6.61 Å².